The first-order chi connectivity index (χ1) is 11.0. The van der Waals surface area contributed by atoms with Gasteiger partial charge in [-0.05, 0) is 46.5 Å². The maximum atomic E-state index is 12.4. The quantitative estimate of drug-likeness (QED) is 0.789. The molecule has 23 heavy (non-hydrogen) atoms. The van der Waals surface area contributed by atoms with Crippen LogP contribution in [-0.4, -0.2) is 43.5 Å². The van der Waals surface area contributed by atoms with Gasteiger partial charge in [-0.2, -0.15) is 10.2 Å². The van der Waals surface area contributed by atoms with Gasteiger partial charge in [-0.15, -0.1) is 0 Å². The number of amides is 1. The third-order valence-electron chi connectivity index (χ3n) is 4.60. The highest BCUT2D eigenvalue weighted by atomic mass is 16.2. The Morgan fingerprint density at radius 2 is 2.17 bits per heavy atom. The van der Waals surface area contributed by atoms with Crippen molar-refractivity contribution in [1.29, 1.82) is 0 Å². The smallest absolute Gasteiger partial charge is 0.224 e. The highest BCUT2D eigenvalue weighted by Crippen LogP contribution is 2.29. The molecule has 2 aromatic heterocycles. The molecule has 0 bridgehead atoms. The zero-order valence-electron chi connectivity index (χ0n) is 14.6. The van der Waals surface area contributed by atoms with E-state index in [9.17, 15) is 4.79 Å². The molecule has 2 heterocycles. The maximum absolute atomic E-state index is 12.4. The number of rotatable bonds is 7. The van der Waals surface area contributed by atoms with Crippen LogP contribution in [0.25, 0.3) is 11.0 Å². The number of nitrogens with zero attached hydrogens (tertiary/aromatic N) is 5. The summed E-state index contributed by atoms with van der Waals surface area (Å²) in [6, 6.07) is 0.305. The third-order valence-corrected chi connectivity index (χ3v) is 4.60. The summed E-state index contributed by atoms with van der Waals surface area (Å²) in [4.78, 5) is 14.4. The standard InChI is InChI=1S/C17H27N5O/c1-5-20(11-14-6-7-14)16(23)8-9-21-17-13(4)19-22(12(2)3)15(17)10-18-21/h10,12,14H,5-9,11H2,1-4H3. The van der Waals surface area contributed by atoms with Gasteiger partial charge in [0.1, 0.15) is 11.0 Å². The Balaban J connectivity index is 1.70. The lowest BCUT2D eigenvalue weighted by Crippen LogP contribution is -2.33. The number of aromatic nitrogens is 4. The van der Waals surface area contributed by atoms with Crippen molar-refractivity contribution in [3.63, 3.8) is 0 Å². The van der Waals surface area contributed by atoms with E-state index in [1.165, 1.54) is 12.8 Å². The summed E-state index contributed by atoms with van der Waals surface area (Å²) in [6.45, 7) is 10.6. The molecule has 6 heteroatoms. The average molecular weight is 317 g/mol. The molecule has 0 atom stereocenters. The molecule has 2 aromatic rings. The van der Waals surface area contributed by atoms with E-state index >= 15 is 0 Å². The van der Waals surface area contributed by atoms with Crippen molar-refractivity contribution in [2.75, 3.05) is 13.1 Å². The van der Waals surface area contributed by atoms with Gasteiger partial charge in [-0.25, -0.2) is 0 Å². The van der Waals surface area contributed by atoms with Crippen LogP contribution in [0.3, 0.4) is 0 Å². The van der Waals surface area contributed by atoms with Gasteiger partial charge >= 0.3 is 0 Å². The van der Waals surface area contributed by atoms with Gasteiger partial charge in [0, 0.05) is 25.6 Å². The summed E-state index contributed by atoms with van der Waals surface area (Å²) in [7, 11) is 0. The molecule has 0 unspecified atom stereocenters. The molecule has 0 aromatic carbocycles. The second kappa shape index (κ2) is 6.34. The zero-order chi connectivity index (χ0) is 16.6. The molecular weight excluding hydrogens is 290 g/mol. The summed E-state index contributed by atoms with van der Waals surface area (Å²) in [5.74, 6) is 0.971. The fourth-order valence-electron chi connectivity index (χ4n) is 3.12. The first-order valence-electron chi connectivity index (χ1n) is 8.69. The Morgan fingerprint density at radius 3 is 2.78 bits per heavy atom. The molecule has 1 fully saturated rings. The van der Waals surface area contributed by atoms with Gasteiger partial charge in [0.05, 0.1) is 18.4 Å². The molecule has 1 amide bonds. The monoisotopic (exact) mass is 317 g/mol. The normalized spacial score (nSPS) is 14.8. The minimum absolute atomic E-state index is 0.233. The van der Waals surface area contributed by atoms with E-state index in [2.05, 4.69) is 31.0 Å². The Kier molecular flexibility index (Phi) is 4.41. The number of aryl methyl sites for hydroxylation is 2. The van der Waals surface area contributed by atoms with Crippen LogP contribution in [0, 0.1) is 12.8 Å². The molecule has 0 spiro atoms. The van der Waals surface area contributed by atoms with Gasteiger partial charge in [0.25, 0.3) is 0 Å². The minimum Gasteiger partial charge on any atom is -0.343 e. The number of carbonyl (C=O) groups is 1. The Bertz CT molecular complexity index is 695. The number of carbonyl (C=O) groups excluding carboxylic acids is 1. The van der Waals surface area contributed by atoms with E-state index in [-0.39, 0.29) is 5.91 Å². The van der Waals surface area contributed by atoms with Crippen LogP contribution in [0.15, 0.2) is 6.20 Å². The molecule has 6 nitrogen and oxygen atoms in total. The SMILES string of the molecule is CCN(CC1CC1)C(=O)CCn1ncc2c1c(C)nn2C(C)C. The van der Waals surface area contributed by atoms with Gasteiger partial charge in [0.15, 0.2) is 0 Å². The van der Waals surface area contributed by atoms with Crippen LogP contribution in [0.1, 0.15) is 51.8 Å². The van der Waals surface area contributed by atoms with E-state index in [1.807, 2.05) is 27.4 Å². The Morgan fingerprint density at radius 1 is 1.43 bits per heavy atom. The Labute approximate surface area is 137 Å². The first-order valence-corrected chi connectivity index (χ1v) is 8.69. The second-order valence-electron chi connectivity index (χ2n) is 6.85. The molecule has 3 rings (SSSR count). The third kappa shape index (κ3) is 3.26. The number of hydrogen-bond donors (Lipinski definition) is 0. The van der Waals surface area contributed by atoms with Gasteiger partial charge in [0.2, 0.25) is 5.91 Å². The van der Waals surface area contributed by atoms with E-state index in [0.717, 1.165) is 35.7 Å². The minimum atomic E-state index is 0.233. The largest absolute Gasteiger partial charge is 0.343 e. The molecule has 1 saturated carbocycles. The van der Waals surface area contributed by atoms with Crippen molar-refractivity contribution in [3.05, 3.63) is 11.9 Å². The van der Waals surface area contributed by atoms with Gasteiger partial charge in [-0.1, -0.05) is 0 Å². The molecule has 0 radical (unpaired) electrons. The molecule has 0 saturated heterocycles. The van der Waals surface area contributed by atoms with Crippen molar-refractivity contribution < 1.29 is 4.79 Å². The van der Waals surface area contributed by atoms with Crippen LogP contribution in [0.5, 0.6) is 0 Å². The van der Waals surface area contributed by atoms with Crippen LogP contribution >= 0.6 is 0 Å². The number of hydrogen-bond acceptors (Lipinski definition) is 3. The van der Waals surface area contributed by atoms with E-state index in [4.69, 9.17) is 0 Å². The van der Waals surface area contributed by atoms with Crippen molar-refractivity contribution in [1.82, 2.24) is 24.5 Å². The lowest BCUT2D eigenvalue weighted by Gasteiger charge is -2.20. The molecule has 0 N–H and O–H groups in total. The van der Waals surface area contributed by atoms with Gasteiger partial charge in [-0.3, -0.25) is 14.2 Å². The fourth-order valence-corrected chi connectivity index (χ4v) is 3.12. The molecule has 0 aliphatic heterocycles. The van der Waals surface area contributed by atoms with Crippen LogP contribution < -0.4 is 0 Å². The second-order valence-corrected chi connectivity index (χ2v) is 6.85. The van der Waals surface area contributed by atoms with E-state index in [0.29, 0.717) is 19.0 Å². The summed E-state index contributed by atoms with van der Waals surface area (Å²) in [6.07, 6.45) is 4.92. The van der Waals surface area contributed by atoms with Crippen molar-refractivity contribution in [3.8, 4) is 0 Å². The van der Waals surface area contributed by atoms with Crippen molar-refractivity contribution in [2.24, 2.45) is 5.92 Å². The molecule has 126 valence electrons. The predicted octanol–water partition coefficient (Wildman–Crippen LogP) is 2.77. The highest BCUT2D eigenvalue weighted by molar-refractivity contribution is 5.79. The summed E-state index contributed by atoms with van der Waals surface area (Å²) in [5.41, 5.74) is 3.08. The Hall–Kier alpha value is -1.85. The summed E-state index contributed by atoms with van der Waals surface area (Å²) >= 11 is 0. The van der Waals surface area contributed by atoms with Crippen LogP contribution in [0.4, 0.5) is 0 Å². The maximum Gasteiger partial charge on any atom is 0.224 e. The van der Waals surface area contributed by atoms with Crippen LogP contribution in [0.2, 0.25) is 0 Å². The van der Waals surface area contributed by atoms with E-state index < -0.39 is 0 Å². The van der Waals surface area contributed by atoms with Crippen LogP contribution in [-0.2, 0) is 11.3 Å². The highest BCUT2D eigenvalue weighted by Gasteiger charge is 2.26. The summed E-state index contributed by atoms with van der Waals surface area (Å²) < 4.78 is 3.93. The lowest BCUT2D eigenvalue weighted by atomic mass is 10.3. The molecule has 1 aliphatic carbocycles. The summed E-state index contributed by atoms with van der Waals surface area (Å²) in [5, 5.41) is 9.07. The van der Waals surface area contributed by atoms with Gasteiger partial charge < -0.3 is 4.90 Å². The molecule has 1 aliphatic rings. The van der Waals surface area contributed by atoms with E-state index in [1.54, 1.807) is 0 Å². The topological polar surface area (TPSA) is 56.0 Å². The van der Waals surface area contributed by atoms with Crippen molar-refractivity contribution in [2.45, 2.75) is 59.5 Å². The lowest BCUT2D eigenvalue weighted by molar-refractivity contribution is -0.131. The molecular formula is C17H27N5O. The number of fused-ring (bicyclic) bond motifs is 1. The first kappa shape index (κ1) is 16.0. The predicted molar refractivity (Wildman–Crippen MR) is 90.2 cm³/mol. The zero-order valence-corrected chi connectivity index (χ0v) is 14.6. The fraction of sp³-hybridized carbons (Fsp3) is 0.706. The average Bonchev–Trinajstić information content (AvgIpc) is 3.14. The van der Waals surface area contributed by atoms with Crippen molar-refractivity contribution >= 4 is 16.9 Å².